The summed E-state index contributed by atoms with van der Waals surface area (Å²) in [6.45, 7) is 3.64. The molecule has 7 heteroatoms. The van der Waals surface area contributed by atoms with E-state index in [1.54, 1.807) is 18.2 Å². The van der Waals surface area contributed by atoms with Gasteiger partial charge in [-0.05, 0) is 24.1 Å². The van der Waals surface area contributed by atoms with Crippen molar-refractivity contribution in [2.45, 2.75) is 6.42 Å². The lowest BCUT2D eigenvalue weighted by Gasteiger charge is -2.10. The highest BCUT2D eigenvalue weighted by molar-refractivity contribution is 5.55. The quantitative estimate of drug-likeness (QED) is 0.456. The molecule has 0 atom stereocenters. The van der Waals surface area contributed by atoms with Gasteiger partial charge in [-0.25, -0.2) is 0 Å². The van der Waals surface area contributed by atoms with E-state index in [0.29, 0.717) is 12.2 Å². The maximum Gasteiger partial charge on any atom is 0.318 e. The van der Waals surface area contributed by atoms with Crippen molar-refractivity contribution in [2.24, 2.45) is 0 Å². The Balaban J connectivity index is 2.43. The first kappa shape index (κ1) is 15.2. The Bertz CT molecular complexity index is 742. The zero-order valence-corrected chi connectivity index (χ0v) is 11.5. The van der Waals surface area contributed by atoms with E-state index in [-0.39, 0.29) is 11.4 Å². The summed E-state index contributed by atoms with van der Waals surface area (Å²) < 4.78 is 5.58. The van der Waals surface area contributed by atoms with Crippen LogP contribution in [0.1, 0.15) is 5.56 Å². The fourth-order valence-corrected chi connectivity index (χ4v) is 1.89. The third-order valence-corrected chi connectivity index (χ3v) is 2.91. The maximum atomic E-state index is 11.1. The molecular weight excluding hydrogens is 288 g/mol. The predicted molar refractivity (Wildman–Crippen MR) is 80.2 cm³/mol. The van der Waals surface area contributed by atoms with Crippen LogP contribution in [-0.2, 0) is 6.42 Å². The van der Waals surface area contributed by atoms with Crippen molar-refractivity contribution in [3.8, 4) is 11.5 Å². The van der Waals surface area contributed by atoms with Crippen molar-refractivity contribution in [1.82, 2.24) is 0 Å². The molecule has 0 aliphatic heterocycles. The summed E-state index contributed by atoms with van der Waals surface area (Å²) in [5.41, 5.74) is -0.00816. The van der Waals surface area contributed by atoms with Gasteiger partial charge < -0.3 is 4.74 Å². The van der Waals surface area contributed by atoms with Gasteiger partial charge in [0, 0.05) is 6.07 Å². The first-order valence-electron chi connectivity index (χ1n) is 6.32. The second kappa shape index (κ2) is 6.49. The second-order valence-corrected chi connectivity index (χ2v) is 4.37. The number of hydrogen-bond acceptors (Lipinski definition) is 5. The summed E-state index contributed by atoms with van der Waals surface area (Å²) in [4.78, 5) is 20.4. The van der Waals surface area contributed by atoms with Crippen molar-refractivity contribution in [1.29, 1.82) is 0 Å². The summed E-state index contributed by atoms with van der Waals surface area (Å²) in [5.74, 6) is 0.395. The van der Waals surface area contributed by atoms with E-state index in [1.807, 2.05) is 12.1 Å². The molecule has 0 saturated carbocycles. The Morgan fingerprint density at radius 3 is 2.41 bits per heavy atom. The number of para-hydroxylation sites is 1. The Labute approximate surface area is 125 Å². The molecule has 0 saturated heterocycles. The molecule has 2 aromatic rings. The summed E-state index contributed by atoms with van der Waals surface area (Å²) in [7, 11) is 0. The van der Waals surface area contributed by atoms with Gasteiger partial charge in [0.05, 0.1) is 15.9 Å². The highest BCUT2D eigenvalue weighted by atomic mass is 16.6. The van der Waals surface area contributed by atoms with Crippen LogP contribution < -0.4 is 4.74 Å². The standard InChI is InChI=1S/C15H12N2O5/c1-2-5-11-6-3-4-7-14(11)22-15-9-8-12(16(18)19)10-13(15)17(20)21/h2-4,6-10H,1,5H2. The van der Waals surface area contributed by atoms with Gasteiger partial charge in [0.25, 0.3) is 5.69 Å². The van der Waals surface area contributed by atoms with Crippen LogP contribution in [0, 0.1) is 20.2 Å². The monoisotopic (exact) mass is 300 g/mol. The normalized spacial score (nSPS) is 10.0. The van der Waals surface area contributed by atoms with Crippen molar-refractivity contribution < 1.29 is 14.6 Å². The van der Waals surface area contributed by atoms with E-state index in [4.69, 9.17) is 4.74 Å². The minimum Gasteiger partial charge on any atom is -0.450 e. The lowest BCUT2D eigenvalue weighted by Crippen LogP contribution is -1.97. The smallest absolute Gasteiger partial charge is 0.318 e. The van der Waals surface area contributed by atoms with Gasteiger partial charge in [-0.1, -0.05) is 24.3 Å². The van der Waals surface area contributed by atoms with E-state index in [1.165, 1.54) is 12.1 Å². The summed E-state index contributed by atoms with van der Waals surface area (Å²) in [5, 5.41) is 21.8. The number of allylic oxidation sites excluding steroid dienone is 1. The topological polar surface area (TPSA) is 95.5 Å². The van der Waals surface area contributed by atoms with Crippen LogP contribution >= 0.6 is 0 Å². The lowest BCUT2D eigenvalue weighted by molar-refractivity contribution is -0.394. The molecule has 0 spiro atoms. The molecule has 0 fully saturated rings. The van der Waals surface area contributed by atoms with Gasteiger partial charge in [0.2, 0.25) is 5.75 Å². The summed E-state index contributed by atoms with van der Waals surface area (Å²) >= 11 is 0. The number of ether oxygens (including phenoxy) is 1. The molecule has 0 aromatic heterocycles. The van der Waals surface area contributed by atoms with E-state index in [2.05, 4.69) is 6.58 Å². The van der Waals surface area contributed by atoms with Crippen molar-refractivity contribution in [2.75, 3.05) is 0 Å². The minimum absolute atomic E-state index is 0.0490. The fourth-order valence-electron chi connectivity index (χ4n) is 1.89. The number of non-ortho nitro benzene ring substituents is 1. The maximum absolute atomic E-state index is 11.1. The van der Waals surface area contributed by atoms with E-state index in [0.717, 1.165) is 11.6 Å². The average molecular weight is 300 g/mol. The zero-order chi connectivity index (χ0) is 16.1. The molecule has 22 heavy (non-hydrogen) atoms. The average Bonchev–Trinajstić information content (AvgIpc) is 2.49. The molecule has 2 rings (SSSR count). The summed E-state index contributed by atoms with van der Waals surface area (Å²) in [6, 6.07) is 10.3. The SMILES string of the molecule is C=CCc1ccccc1Oc1ccc([N+](=O)[O-])cc1[N+](=O)[O-]. The van der Waals surface area contributed by atoms with Gasteiger partial charge in [-0.2, -0.15) is 0 Å². The molecular formula is C15H12N2O5. The van der Waals surface area contributed by atoms with Gasteiger partial charge in [0.1, 0.15) is 5.75 Å². The van der Waals surface area contributed by atoms with Crippen LogP contribution in [0.4, 0.5) is 11.4 Å². The van der Waals surface area contributed by atoms with Crippen LogP contribution in [0.15, 0.2) is 55.1 Å². The van der Waals surface area contributed by atoms with Crippen LogP contribution in [0.5, 0.6) is 11.5 Å². The lowest BCUT2D eigenvalue weighted by atomic mass is 10.1. The van der Waals surface area contributed by atoms with Crippen molar-refractivity contribution >= 4 is 11.4 Å². The minimum atomic E-state index is -0.710. The molecule has 0 N–H and O–H groups in total. The van der Waals surface area contributed by atoms with E-state index >= 15 is 0 Å². The Morgan fingerprint density at radius 2 is 1.77 bits per heavy atom. The van der Waals surface area contributed by atoms with Crippen LogP contribution in [0.2, 0.25) is 0 Å². The number of nitro benzene ring substituents is 2. The number of nitrogens with zero attached hydrogens (tertiary/aromatic N) is 2. The van der Waals surface area contributed by atoms with Gasteiger partial charge >= 0.3 is 5.69 Å². The number of nitro groups is 2. The third kappa shape index (κ3) is 3.26. The van der Waals surface area contributed by atoms with Gasteiger partial charge in [-0.3, -0.25) is 20.2 Å². The highest BCUT2D eigenvalue weighted by Gasteiger charge is 2.21. The number of benzene rings is 2. The van der Waals surface area contributed by atoms with Crippen molar-refractivity contribution in [3.05, 3.63) is 80.9 Å². The first-order valence-corrected chi connectivity index (χ1v) is 6.32. The second-order valence-electron chi connectivity index (χ2n) is 4.37. The highest BCUT2D eigenvalue weighted by Crippen LogP contribution is 2.35. The van der Waals surface area contributed by atoms with Crippen LogP contribution in [0.3, 0.4) is 0 Å². The molecule has 0 aliphatic rings. The molecule has 0 heterocycles. The van der Waals surface area contributed by atoms with Crippen molar-refractivity contribution in [3.63, 3.8) is 0 Å². The zero-order valence-electron chi connectivity index (χ0n) is 11.5. The molecule has 0 amide bonds. The van der Waals surface area contributed by atoms with Gasteiger partial charge in [-0.15, -0.1) is 6.58 Å². The first-order chi connectivity index (χ1) is 10.5. The Hall–Kier alpha value is -3.22. The molecule has 7 nitrogen and oxygen atoms in total. The molecule has 0 radical (unpaired) electrons. The molecule has 0 bridgehead atoms. The number of rotatable bonds is 6. The fraction of sp³-hybridized carbons (Fsp3) is 0.0667. The Morgan fingerprint density at radius 1 is 1.05 bits per heavy atom. The third-order valence-electron chi connectivity index (χ3n) is 2.91. The predicted octanol–water partition coefficient (Wildman–Crippen LogP) is 4.02. The van der Waals surface area contributed by atoms with E-state index in [9.17, 15) is 20.2 Å². The Kier molecular flexibility index (Phi) is 4.47. The molecule has 2 aromatic carbocycles. The van der Waals surface area contributed by atoms with Crippen LogP contribution in [-0.4, -0.2) is 9.85 Å². The van der Waals surface area contributed by atoms with E-state index < -0.39 is 15.5 Å². The largest absolute Gasteiger partial charge is 0.450 e. The summed E-state index contributed by atoms with van der Waals surface area (Å²) in [6.07, 6.45) is 2.23. The molecule has 0 aliphatic carbocycles. The molecule has 112 valence electrons. The molecule has 0 unspecified atom stereocenters. The van der Waals surface area contributed by atoms with Crippen LogP contribution in [0.25, 0.3) is 0 Å². The van der Waals surface area contributed by atoms with Gasteiger partial charge in [0.15, 0.2) is 0 Å². The number of hydrogen-bond donors (Lipinski definition) is 0.